The van der Waals surface area contributed by atoms with Crippen molar-refractivity contribution in [3.63, 3.8) is 0 Å². The number of hydrogen-bond acceptors (Lipinski definition) is 9. The zero-order valence-corrected chi connectivity index (χ0v) is 21.0. The van der Waals surface area contributed by atoms with Crippen LogP contribution in [0.15, 0.2) is 18.2 Å². The second kappa shape index (κ2) is 15.1. The minimum absolute atomic E-state index is 0.111. The predicted molar refractivity (Wildman–Crippen MR) is 125 cm³/mol. The lowest BCUT2D eigenvalue weighted by Crippen LogP contribution is -2.41. The molecule has 34 heavy (non-hydrogen) atoms. The standard InChI is InChI=1S/C25H37NO8/c1-7-16(4)23(28)33-20-11-10-18(15-21(20)34-24(29)17(5)8-2)14-19(25(30)31-6)26-12-13-32-22(27)9-3/h10-11,15-17,19,26H,7-9,12-14H2,1-6H3/t16?,17?,19-/m0/s1. The maximum atomic E-state index is 12.4. The van der Waals surface area contributed by atoms with E-state index < -0.39 is 23.9 Å². The molecule has 0 spiro atoms. The van der Waals surface area contributed by atoms with Gasteiger partial charge in [-0.05, 0) is 37.0 Å². The maximum Gasteiger partial charge on any atom is 0.323 e. The molecule has 0 aromatic heterocycles. The fourth-order valence-electron chi connectivity index (χ4n) is 2.71. The van der Waals surface area contributed by atoms with Crippen LogP contribution in [0.3, 0.4) is 0 Å². The molecule has 0 aliphatic heterocycles. The smallest absolute Gasteiger partial charge is 0.323 e. The molecule has 0 radical (unpaired) electrons. The van der Waals surface area contributed by atoms with Crippen molar-refractivity contribution in [2.45, 2.75) is 66.3 Å². The van der Waals surface area contributed by atoms with E-state index in [0.717, 1.165) is 0 Å². The Kier molecular flexibility index (Phi) is 12.9. The Morgan fingerprint density at radius 2 is 1.47 bits per heavy atom. The van der Waals surface area contributed by atoms with Crippen LogP contribution < -0.4 is 14.8 Å². The fourth-order valence-corrected chi connectivity index (χ4v) is 2.71. The van der Waals surface area contributed by atoms with Gasteiger partial charge in [0.2, 0.25) is 0 Å². The lowest BCUT2D eigenvalue weighted by molar-refractivity contribution is -0.144. The molecule has 0 bridgehead atoms. The van der Waals surface area contributed by atoms with Crippen LogP contribution in [0, 0.1) is 11.8 Å². The van der Waals surface area contributed by atoms with Crippen LogP contribution in [0.2, 0.25) is 0 Å². The monoisotopic (exact) mass is 479 g/mol. The Hall–Kier alpha value is -2.94. The Morgan fingerprint density at radius 1 is 0.882 bits per heavy atom. The Balaban J connectivity index is 3.08. The number of carbonyl (C=O) groups is 4. The van der Waals surface area contributed by atoms with E-state index in [1.165, 1.54) is 7.11 Å². The summed E-state index contributed by atoms with van der Waals surface area (Å²) >= 11 is 0. The third-order valence-electron chi connectivity index (χ3n) is 5.43. The highest BCUT2D eigenvalue weighted by Crippen LogP contribution is 2.31. The first-order chi connectivity index (χ1) is 16.2. The van der Waals surface area contributed by atoms with Gasteiger partial charge in [-0.3, -0.25) is 19.2 Å². The fraction of sp³-hybridized carbons (Fsp3) is 0.600. The zero-order chi connectivity index (χ0) is 25.7. The minimum atomic E-state index is -0.725. The SMILES string of the molecule is CCC(=O)OCCN[C@@H](Cc1ccc(OC(=O)C(C)CC)c(OC(=O)C(C)CC)c1)C(=O)OC. The second-order valence-electron chi connectivity index (χ2n) is 8.05. The normalized spacial score (nSPS) is 13.4. The number of carbonyl (C=O) groups excluding carboxylic acids is 4. The summed E-state index contributed by atoms with van der Waals surface area (Å²) in [6.07, 6.45) is 1.69. The molecule has 190 valence electrons. The Morgan fingerprint density at radius 3 is 2.00 bits per heavy atom. The van der Waals surface area contributed by atoms with Crippen LogP contribution in [0.5, 0.6) is 11.5 Å². The molecular formula is C25H37NO8. The number of esters is 4. The number of methoxy groups -OCH3 is 1. The highest BCUT2D eigenvalue weighted by molar-refractivity contribution is 5.79. The predicted octanol–water partition coefficient (Wildman–Crippen LogP) is 3.22. The maximum absolute atomic E-state index is 12.4. The first-order valence-corrected chi connectivity index (χ1v) is 11.7. The molecule has 0 fully saturated rings. The lowest BCUT2D eigenvalue weighted by atomic mass is 10.0. The van der Waals surface area contributed by atoms with Crippen LogP contribution >= 0.6 is 0 Å². The highest BCUT2D eigenvalue weighted by atomic mass is 16.6. The van der Waals surface area contributed by atoms with E-state index in [2.05, 4.69) is 5.32 Å². The summed E-state index contributed by atoms with van der Waals surface area (Å²) in [5.74, 6) is -2.09. The van der Waals surface area contributed by atoms with Crippen molar-refractivity contribution in [3.8, 4) is 11.5 Å². The van der Waals surface area contributed by atoms with Gasteiger partial charge in [0.25, 0.3) is 0 Å². The Labute approximate surface area is 201 Å². The number of rotatable bonds is 14. The van der Waals surface area contributed by atoms with Crippen molar-refractivity contribution in [1.29, 1.82) is 0 Å². The van der Waals surface area contributed by atoms with E-state index in [1.54, 1.807) is 39.0 Å². The van der Waals surface area contributed by atoms with Crippen molar-refractivity contribution in [1.82, 2.24) is 5.32 Å². The van der Waals surface area contributed by atoms with Gasteiger partial charge in [0.15, 0.2) is 11.5 Å². The van der Waals surface area contributed by atoms with E-state index in [0.29, 0.717) is 18.4 Å². The summed E-state index contributed by atoms with van der Waals surface area (Å²) in [5.41, 5.74) is 0.656. The molecule has 0 aliphatic rings. The topological polar surface area (TPSA) is 117 Å². The van der Waals surface area contributed by atoms with Crippen LogP contribution in [-0.2, 0) is 35.1 Å². The molecule has 0 heterocycles. The zero-order valence-electron chi connectivity index (χ0n) is 21.0. The third-order valence-corrected chi connectivity index (χ3v) is 5.43. The van der Waals surface area contributed by atoms with Crippen LogP contribution in [0.4, 0.5) is 0 Å². The molecule has 1 aromatic carbocycles. The van der Waals surface area contributed by atoms with Gasteiger partial charge in [0, 0.05) is 13.0 Å². The molecule has 0 amide bonds. The summed E-state index contributed by atoms with van der Waals surface area (Å²) in [4.78, 5) is 48.3. The van der Waals surface area contributed by atoms with Crippen molar-refractivity contribution in [2.24, 2.45) is 11.8 Å². The van der Waals surface area contributed by atoms with Crippen molar-refractivity contribution in [3.05, 3.63) is 23.8 Å². The summed E-state index contributed by atoms with van der Waals surface area (Å²) in [7, 11) is 1.28. The molecule has 1 aromatic rings. The lowest BCUT2D eigenvalue weighted by Gasteiger charge is -2.19. The average molecular weight is 480 g/mol. The molecule has 2 unspecified atom stereocenters. The van der Waals surface area contributed by atoms with E-state index in [-0.39, 0.29) is 55.3 Å². The summed E-state index contributed by atoms with van der Waals surface area (Å²) in [5, 5.41) is 3.01. The van der Waals surface area contributed by atoms with Gasteiger partial charge >= 0.3 is 23.9 Å². The molecule has 1 N–H and O–H groups in total. The van der Waals surface area contributed by atoms with E-state index in [9.17, 15) is 19.2 Å². The molecule has 0 aliphatic carbocycles. The molecular weight excluding hydrogens is 442 g/mol. The molecule has 9 heteroatoms. The summed E-state index contributed by atoms with van der Waals surface area (Å²) in [6, 6.07) is 4.09. The molecule has 0 saturated carbocycles. The van der Waals surface area contributed by atoms with E-state index >= 15 is 0 Å². The van der Waals surface area contributed by atoms with Crippen LogP contribution in [0.25, 0.3) is 0 Å². The minimum Gasteiger partial charge on any atom is -0.468 e. The van der Waals surface area contributed by atoms with Crippen LogP contribution in [0.1, 0.15) is 59.4 Å². The van der Waals surface area contributed by atoms with Crippen molar-refractivity contribution >= 4 is 23.9 Å². The average Bonchev–Trinajstić information content (AvgIpc) is 2.85. The third kappa shape index (κ3) is 9.51. The highest BCUT2D eigenvalue weighted by Gasteiger charge is 2.23. The van der Waals surface area contributed by atoms with E-state index in [4.69, 9.17) is 18.9 Å². The van der Waals surface area contributed by atoms with Gasteiger partial charge in [-0.15, -0.1) is 0 Å². The largest absolute Gasteiger partial charge is 0.468 e. The number of hydrogen-bond donors (Lipinski definition) is 1. The van der Waals surface area contributed by atoms with Gasteiger partial charge in [0.1, 0.15) is 12.6 Å². The quantitative estimate of drug-likeness (QED) is 0.244. The number of ether oxygens (including phenoxy) is 4. The first-order valence-electron chi connectivity index (χ1n) is 11.7. The first kappa shape index (κ1) is 29.1. The molecule has 3 atom stereocenters. The molecule has 0 saturated heterocycles. The summed E-state index contributed by atoms with van der Waals surface area (Å²) in [6.45, 7) is 9.32. The number of benzene rings is 1. The van der Waals surface area contributed by atoms with Gasteiger partial charge in [-0.2, -0.15) is 0 Å². The van der Waals surface area contributed by atoms with E-state index in [1.807, 2.05) is 13.8 Å². The molecule has 9 nitrogen and oxygen atoms in total. The van der Waals surface area contributed by atoms with Gasteiger partial charge in [0.05, 0.1) is 18.9 Å². The van der Waals surface area contributed by atoms with Crippen LogP contribution in [-0.4, -0.2) is 50.2 Å². The molecule has 1 rings (SSSR count). The van der Waals surface area contributed by atoms with Crippen molar-refractivity contribution in [2.75, 3.05) is 20.3 Å². The van der Waals surface area contributed by atoms with Gasteiger partial charge < -0.3 is 24.3 Å². The Bertz CT molecular complexity index is 838. The van der Waals surface area contributed by atoms with Gasteiger partial charge in [-0.25, -0.2) is 0 Å². The van der Waals surface area contributed by atoms with Crippen molar-refractivity contribution < 1.29 is 38.1 Å². The summed E-state index contributed by atoms with van der Waals surface area (Å²) < 4.78 is 20.9. The number of nitrogens with one attached hydrogen (secondary N) is 1. The second-order valence-corrected chi connectivity index (χ2v) is 8.05. The van der Waals surface area contributed by atoms with Gasteiger partial charge in [-0.1, -0.05) is 40.7 Å².